The molecule has 1 amide bonds. The van der Waals surface area contributed by atoms with Crippen LogP contribution in [0.3, 0.4) is 0 Å². The summed E-state index contributed by atoms with van der Waals surface area (Å²) >= 11 is 0. The van der Waals surface area contributed by atoms with Crippen molar-refractivity contribution < 1.29 is 4.79 Å². The van der Waals surface area contributed by atoms with Crippen LogP contribution in [0.15, 0.2) is 29.8 Å². The summed E-state index contributed by atoms with van der Waals surface area (Å²) in [7, 11) is 0. The Bertz CT molecular complexity index is 605. The Morgan fingerprint density at radius 3 is 2.29 bits per heavy atom. The van der Waals surface area contributed by atoms with Gasteiger partial charge in [0.05, 0.1) is 0 Å². The molecule has 3 fully saturated rings. The summed E-state index contributed by atoms with van der Waals surface area (Å²) in [5, 5.41) is 0. The topological polar surface area (TPSA) is 23.6 Å². The molecule has 0 spiro atoms. The molecule has 128 valence electrons. The lowest BCUT2D eigenvalue weighted by Gasteiger charge is -2.40. The van der Waals surface area contributed by atoms with Gasteiger partial charge in [-0.2, -0.15) is 0 Å². The number of rotatable bonds is 4. The molecule has 1 aliphatic carbocycles. The number of hydrogen-bond donors (Lipinski definition) is 0. The van der Waals surface area contributed by atoms with Crippen molar-refractivity contribution >= 4 is 12.0 Å². The molecule has 1 aromatic carbocycles. The maximum Gasteiger partial charge on any atom is 0.222 e. The lowest BCUT2D eigenvalue weighted by molar-refractivity contribution is -0.128. The van der Waals surface area contributed by atoms with E-state index in [4.69, 9.17) is 0 Å². The van der Waals surface area contributed by atoms with Gasteiger partial charge in [0.2, 0.25) is 5.91 Å². The summed E-state index contributed by atoms with van der Waals surface area (Å²) in [6.07, 6.45) is 10.8. The summed E-state index contributed by atoms with van der Waals surface area (Å²) in [5.74, 6) is 0.305. The average Bonchev–Trinajstić information content (AvgIpc) is 2.95. The highest BCUT2D eigenvalue weighted by Crippen LogP contribution is 2.29. The average molecular weight is 324 g/mol. The Morgan fingerprint density at radius 2 is 1.71 bits per heavy atom. The van der Waals surface area contributed by atoms with Gasteiger partial charge in [-0.05, 0) is 43.2 Å². The van der Waals surface area contributed by atoms with E-state index in [1.54, 1.807) is 5.57 Å². The third-order valence-corrected chi connectivity index (χ3v) is 5.93. The van der Waals surface area contributed by atoms with Crippen LogP contribution in [-0.2, 0) is 11.3 Å². The smallest absolute Gasteiger partial charge is 0.222 e. The Balaban J connectivity index is 1.32. The maximum atomic E-state index is 11.7. The van der Waals surface area contributed by atoms with E-state index in [2.05, 4.69) is 35.2 Å². The van der Waals surface area contributed by atoms with Gasteiger partial charge in [-0.1, -0.05) is 42.3 Å². The highest BCUT2D eigenvalue weighted by atomic mass is 16.2. The molecule has 3 nitrogen and oxygen atoms in total. The molecule has 1 saturated carbocycles. The normalized spacial score (nSPS) is 22.8. The van der Waals surface area contributed by atoms with Gasteiger partial charge in [0, 0.05) is 38.6 Å². The lowest BCUT2D eigenvalue weighted by atomic mass is 9.89. The Kier molecular flexibility index (Phi) is 4.70. The zero-order valence-corrected chi connectivity index (χ0v) is 14.5. The van der Waals surface area contributed by atoms with Crippen LogP contribution < -0.4 is 0 Å². The van der Waals surface area contributed by atoms with Crippen LogP contribution in [0.2, 0.25) is 0 Å². The van der Waals surface area contributed by atoms with Crippen molar-refractivity contribution in [3.63, 3.8) is 0 Å². The zero-order chi connectivity index (χ0) is 16.4. The highest BCUT2D eigenvalue weighted by Gasteiger charge is 2.26. The SMILES string of the molecule is O=C1CCCN1Cc1ccc(C=C2CCN(C3CCC3)CC2)cc1. The molecule has 24 heavy (non-hydrogen) atoms. The minimum absolute atomic E-state index is 0.305. The van der Waals surface area contributed by atoms with Gasteiger partial charge in [-0.25, -0.2) is 0 Å². The van der Waals surface area contributed by atoms with Crippen molar-refractivity contribution in [1.29, 1.82) is 0 Å². The fourth-order valence-corrected chi connectivity index (χ4v) is 4.12. The standard InChI is InChI=1S/C21H28N2O/c24-21-5-2-12-23(21)16-19-8-6-17(7-9-19)15-18-10-13-22(14-11-18)20-3-1-4-20/h6-9,15,20H,1-5,10-14,16H2. The summed E-state index contributed by atoms with van der Waals surface area (Å²) in [6, 6.07) is 9.67. The number of hydrogen-bond acceptors (Lipinski definition) is 2. The molecular weight excluding hydrogens is 296 g/mol. The van der Waals surface area contributed by atoms with E-state index in [-0.39, 0.29) is 0 Å². The Hall–Kier alpha value is -1.61. The predicted octanol–water partition coefficient (Wildman–Crippen LogP) is 3.84. The number of carbonyl (C=O) groups excluding carboxylic acids is 1. The molecule has 4 rings (SSSR count). The third-order valence-electron chi connectivity index (χ3n) is 5.93. The minimum atomic E-state index is 0.305. The monoisotopic (exact) mass is 324 g/mol. The molecule has 0 bridgehead atoms. The third kappa shape index (κ3) is 3.56. The number of nitrogens with zero attached hydrogens (tertiary/aromatic N) is 2. The molecule has 2 aliphatic heterocycles. The van der Waals surface area contributed by atoms with Crippen molar-refractivity contribution in [2.45, 2.75) is 57.5 Å². The van der Waals surface area contributed by atoms with Gasteiger partial charge in [0.15, 0.2) is 0 Å². The van der Waals surface area contributed by atoms with Crippen molar-refractivity contribution in [2.75, 3.05) is 19.6 Å². The second-order valence-electron chi connectivity index (χ2n) is 7.58. The summed E-state index contributed by atoms with van der Waals surface area (Å²) < 4.78 is 0. The first-order valence-corrected chi connectivity index (χ1v) is 9.58. The van der Waals surface area contributed by atoms with Crippen molar-refractivity contribution in [2.24, 2.45) is 0 Å². The molecule has 2 saturated heterocycles. The van der Waals surface area contributed by atoms with Crippen LogP contribution >= 0.6 is 0 Å². The van der Waals surface area contributed by atoms with Crippen molar-refractivity contribution in [3.05, 3.63) is 41.0 Å². The number of likely N-dealkylation sites (tertiary alicyclic amines) is 2. The van der Waals surface area contributed by atoms with Crippen LogP contribution in [0.5, 0.6) is 0 Å². The molecule has 1 aromatic rings. The van der Waals surface area contributed by atoms with Gasteiger partial charge in [0.25, 0.3) is 0 Å². The van der Waals surface area contributed by atoms with Crippen LogP contribution in [0.25, 0.3) is 6.08 Å². The first kappa shape index (κ1) is 15.9. The summed E-state index contributed by atoms with van der Waals surface area (Å²) in [4.78, 5) is 16.4. The number of amides is 1. The second-order valence-corrected chi connectivity index (χ2v) is 7.58. The van der Waals surface area contributed by atoms with Gasteiger partial charge < -0.3 is 4.90 Å². The quantitative estimate of drug-likeness (QED) is 0.840. The van der Waals surface area contributed by atoms with Gasteiger partial charge in [0.1, 0.15) is 0 Å². The van der Waals surface area contributed by atoms with Crippen LogP contribution in [0.4, 0.5) is 0 Å². The number of carbonyl (C=O) groups is 1. The van der Waals surface area contributed by atoms with E-state index in [9.17, 15) is 4.79 Å². The second kappa shape index (κ2) is 7.10. The van der Waals surface area contributed by atoms with E-state index in [1.165, 1.54) is 56.3 Å². The lowest BCUT2D eigenvalue weighted by Crippen LogP contribution is -2.43. The van der Waals surface area contributed by atoms with Crippen LogP contribution in [0, 0.1) is 0 Å². The molecule has 3 aliphatic rings. The van der Waals surface area contributed by atoms with Crippen LogP contribution in [-0.4, -0.2) is 41.4 Å². The van der Waals surface area contributed by atoms with E-state index in [1.807, 2.05) is 4.90 Å². The minimum Gasteiger partial charge on any atom is -0.338 e. The molecule has 3 heteroatoms. The molecular formula is C21H28N2O. The molecule has 0 N–H and O–H groups in total. The Labute approximate surface area is 145 Å². The molecule has 0 unspecified atom stereocenters. The zero-order valence-electron chi connectivity index (χ0n) is 14.5. The highest BCUT2D eigenvalue weighted by molar-refractivity contribution is 5.78. The fraction of sp³-hybridized carbons (Fsp3) is 0.571. The van der Waals surface area contributed by atoms with Crippen molar-refractivity contribution in [1.82, 2.24) is 9.80 Å². The number of benzene rings is 1. The Morgan fingerprint density at radius 1 is 0.958 bits per heavy atom. The van der Waals surface area contributed by atoms with Crippen LogP contribution in [0.1, 0.15) is 56.1 Å². The first-order chi connectivity index (χ1) is 11.8. The van der Waals surface area contributed by atoms with Gasteiger partial charge in [-0.15, -0.1) is 0 Å². The van der Waals surface area contributed by atoms with Crippen molar-refractivity contribution in [3.8, 4) is 0 Å². The largest absolute Gasteiger partial charge is 0.338 e. The summed E-state index contributed by atoms with van der Waals surface area (Å²) in [5.41, 5.74) is 4.14. The van der Waals surface area contributed by atoms with Gasteiger partial charge >= 0.3 is 0 Å². The maximum absolute atomic E-state index is 11.7. The van der Waals surface area contributed by atoms with Gasteiger partial charge in [-0.3, -0.25) is 9.69 Å². The molecule has 0 atom stereocenters. The fourth-order valence-electron chi connectivity index (χ4n) is 4.12. The predicted molar refractivity (Wildman–Crippen MR) is 97.5 cm³/mol. The van der Waals surface area contributed by atoms with E-state index in [0.29, 0.717) is 5.91 Å². The first-order valence-electron chi connectivity index (χ1n) is 9.58. The number of piperidine rings is 1. The molecule has 0 radical (unpaired) electrons. The molecule has 0 aromatic heterocycles. The van der Waals surface area contributed by atoms with E-state index < -0.39 is 0 Å². The summed E-state index contributed by atoms with van der Waals surface area (Å²) in [6.45, 7) is 4.17. The molecule has 2 heterocycles. The van der Waals surface area contributed by atoms with E-state index in [0.717, 1.165) is 32.0 Å². The van der Waals surface area contributed by atoms with E-state index >= 15 is 0 Å².